The second kappa shape index (κ2) is 7.20. The quantitative estimate of drug-likeness (QED) is 0.550. The lowest BCUT2D eigenvalue weighted by molar-refractivity contribution is 0.278. The second-order valence-electron chi connectivity index (χ2n) is 5.83. The van der Waals surface area contributed by atoms with E-state index in [1.807, 2.05) is 0 Å². The van der Waals surface area contributed by atoms with Crippen molar-refractivity contribution in [3.8, 4) is 0 Å². The van der Waals surface area contributed by atoms with Gasteiger partial charge < -0.3 is 5.43 Å². The minimum atomic E-state index is -3.57. The molecule has 21 heavy (non-hydrogen) atoms. The van der Waals surface area contributed by atoms with Crippen LogP contribution in [-0.4, -0.2) is 19.9 Å². The number of nitrogens with zero attached hydrogens (tertiary/aromatic N) is 1. The highest BCUT2D eigenvalue weighted by Gasteiger charge is 2.21. The van der Waals surface area contributed by atoms with Gasteiger partial charge in [0.25, 0.3) is 0 Å². The summed E-state index contributed by atoms with van der Waals surface area (Å²) >= 11 is 0. The van der Waals surface area contributed by atoms with Gasteiger partial charge in [-0.2, -0.15) is 0 Å². The van der Waals surface area contributed by atoms with E-state index in [2.05, 4.69) is 22.1 Å². The topological polar surface area (TPSA) is 97.1 Å². The van der Waals surface area contributed by atoms with Crippen molar-refractivity contribution in [1.82, 2.24) is 9.71 Å². The Morgan fingerprint density at radius 3 is 2.71 bits per heavy atom. The summed E-state index contributed by atoms with van der Waals surface area (Å²) in [5, 5.41) is 0. The molecule has 7 heteroatoms. The van der Waals surface area contributed by atoms with E-state index in [1.54, 1.807) is 0 Å². The molecular weight excluding hydrogens is 288 g/mol. The van der Waals surface area contributed by atoms with E-state index in [0.29, 0.717) is 18.2 Å². The number of rotatable bonds is 6. The van der Waals surface area contributed by atoms with Crippen LogP contribution in [0, 0.1) is 11.8 Å². The molecule has 1 heterocycles. The second-order valence-corrected chi connectivity index (χ2v) is 7.56. The summed E-state index contributed by atoms with van der Waals surface area (Å²) in [6, 6.07) is 1.54. The Kier molecular flexibility index (Phi) is 5.55. The summed E-state index contributed by atoms with van der Waals surface area (Å²) in [5.74, 6) is 6.78. The molecule has 6 nitrogen and oxygen atoms in total. The van der Waals surface area contributed by atoms with E-state index in [1.165, 1.54) is 44.1 Å². The third-order valence-electron chi connectivity index (χ3n) is 4.21. The molecule has 0 aliphatic heterocycles. The monoisotopic (exact) mass is 312 g/mol. The molecule has 2 rings (SSSR count). The Morgan fingerprint density at radius 1 is 1.33 bits per heavy atom. The Hall–Kier alpha value is -1.18. The van der Waals surface area contributed by atoms with Crippen molar-refractivity contribution in [3.63, 3.8) is 0 Å². The number of nitrogen functional groups attached to an aromatic ring is 1. The lowest BCUT2D eigenvalue weighted by Gasteiger charge is -2.26. The summed E-state index contributed by atoms with van der Waals surface area (Å²) < 4.78 is 27.2. The van der Waals surface area contributed by atoms with E-state index in [9.17, 15) is 8.42 Å². The average molecular weight is 312 g/mol. The first-order chi connectivity index (χ1) is 10.0. The number of aromatic nitrogens is 1. The lowest BCUT2D eigenvalue weighted by Crippen LogP contribution is -2.28. The minimum Gasteiger partial charge on any atom is -0.323 e. The van der Waals surface area contributed by atoms with Gasteiger partial charge in [0.15, 0.2) is 0 Å². The first-order valence-corrected chi connectivity index (χ1v) is 8.91. The Labute approximate surface area is 126 Å². The van der Waals surface area contributed by atoms with Crippen LogP contribution in [0.1, 0.15) is 39.0 Å². The summed E-state index contributed by atoms with van der Waals surface area (Å²) in [6.45, 7) is 2.74. The molecule has 0 spiro atoms. The highest BCUT2D eigenvalue weighted by atomic mass is 32.2. The number of pyridine rings is 1. The van der Waals surface area contributed by atoms with E-state index in [0.717, 1.165) is 12.3 Å². The van der Waals surface area contributed by atoms with Crippen LogP contribution in [0.2, 0.25) is 0 Å². The highest BCUT2D eigenvalue weighted by Crippen LogP contribution is 2.30. The zero-order valence-corrected chi connectivity index (χ0v) is 13.2. The molecule has 1 aromatic heterocycles. The van der Waals surface area contributed by atoms with Gasteiger partial charge in [0, 0.05) is 18.9 Å². The average Bonchev–Trinajstić information content (AvgIpc) is 2.49. The van der Waals surface area contributed by atoms with Crippen LogP contribution in [-0.2, 0) is 10.0 Å². The first kappa shape index (κ1) is 16.2. The predicted octanol–water partition coefficient (Wildman–Crippen LogP) is 1.86. The fourth-order valence-corrected chi connectivity index (χ4v) is 3.96. The Balaban J connectivity index is 1.89. The largest absolute Gasteiger partial charge is 0.323 e. The molecule has 0 bridgehead atoms. The maximum absolute atomic E-state index is 12.3. The summed E-state index contributed by atoms with van der Waals surface area (Å²) in [6.07, 6.45) is 8.59. The van der Waals surface area contributed by atoms with E-state index >= 15 is 0 Å². The number of nitrogens with one attached hydrogen (secondary N) is 2. The van der Waals surface area contributed by atoms with E-state index in [4.69, 9.17) is 5.84 Å². The van der Waals surface area contributed by atoms with Crippen molar-refractivity contribution in [2.75, 3.05) is 12.0 Å². The highest BCUT2D eigenvalue weighted by molar-refractivity contribution is 7.89. The van der Waals surface area contributed by atoms with Crippen molar-refractivity contribution in [1.29, 1.82) is 0 Å². The molecule has 1 fully saturated rings. The summed E-state index contributed by atoms with van der Waals surface area (Å²) in [7, 11) is -3.57. The third-order valence-corrected chi connectivity index (χ3v) is 5.70. The molecular formula is C14H24N4O2S. The van der Waals surface area contributed by atoms with Crippen LogP contribution in [0.15, 0.2) is 23.4 Å². The Morgan fingerprint density at radius 2 is 2.05 bits per heavy atom. The maximum atomic E-state index is 12.3. The van der Waals surface area contributed by atoms with Crippen LogP contribution < -0.4 is 16.0 Å². The molecule has 1 aliphatic rings. The van der Waals surface area contributed by atoms with Gasteiger partial charge in [-0.3, -0.25) is 10.8 Å². The first-order valence-electron chi connectivity index (χ1n) is 7.43. The third kappa shape index (κ3) is 4.39. The van der Waals surface area contributed by atoms with Crippen molar-refractivity contribution < 1.29 is 8.42 Å². The van der Waals surface area contributed by atoms with Gasteiger partial charge in [0.2, 0.25) is 10.0 Å². The summed E-state index contributed by atoms with van der Waals surface area (Å²) in [5.41, 5.74) is 2.74. The predicted molar refractivity (Wildman–Crippen MR) is 83.0 cm³/mol. The number of nitrogens with two attached hydrogens (primary N) is 1. The molecule has 0 atom stereocenters. The maximum Gasteiger partial charge on any atom is 0.244 e. The summed E-state index contributed by atoms with van der Waals surface area (Å²) in [4.78, 5) is 3.94. The molecule has 0 saturated heterocycles. The number of hydrazine groups is 1. The zero-order chi connectivity index (χ0) is 15.3. The van der Waals surface area contributed by atoms with Crippen molar-refractivity contribution in [2.24, 2.45) is 17.7 Å². The van der Waals surface area contributed by atoms with Crippen molar-refractivity contribution in [2.45, 2.75) is 43.9 Å². The van der Waals surface area contributed by atoms with Gasteiger partial charge in [-0.15, -0.1) is 0 Å². The van der Waals surface area contributed by atoms with Gasteiger partial charge in [-0.25, -0.2) is 13.1 Å². The van der Waals surface area contributed by atoms with E-state index in [-0.39, 0.29) is 4.90 Å². The number of hydrogen-bond acceptors (Lipinski definition) is 5. The van der Waals surface area contributed by atoms with Crippen LogP contribution >= 0.6 is 0 Å². The molecule has 118 valence electrons. The van der Waals surface area contributed by atoms with Gasteiger partial charge in [-0.05, 0) is 24.3 Å². The normalized spacial score (nSPS) is 23.0. The molecule has 0 amide bonds. The van der Waals surface area contributed by atoms with Crippen LogP contribution in [0.25, 0.3) is 0 Å². The fourth-order valence-electron chi connectivity index (χ4n) is 2.81. The van der Waals surface area contributed by atoms with Gasteiger partial charge in [-0.1, -0.05) is 32.6 Å². The van der Waals surface area contributed by atoms with Crippen molar-refractivity contribution in [3.05, 3.63) is 18.5 Å². The molecule has 0 radical (unpaired) electrons. The van der Waals surface area contributed by atoms with Gasteiger partial charge in [0.05, 0.1) is 5.69 Å². The van der Waals surface area contributed by atoms with Crippen LogP contribution in [0.3, 0.4) is 0 Å². The van der Waals surface area contributed by atoms with Crippen molar-refractivity contribution >= 4 is 15.7 Å². The smallest absolute Gasteiger partial charge is 0.244 e. The van der Waals surface area contributed by atoms with Gasteiger partial charge >= 0.3 is 0 Å². The molecule has 0 unspecified atom stereocenters. The number of anilines is 1. The van der Waals surface area contributed by atoms with Crippen LogP contribution in [0.5, 0.6) is 0 Å². The Bertz CT molecular complexity index is 554. The molecule has 4 N–H and O–H groups in total. The zero-order valence-electron chi connectivity index (χ0n) is 12.4. The fraction of sp³-hybridized carbons (Fsp3) is 0.643. The number of hydrogen-bond donors (Lipinski definition) is 3. The van der Waals surface area contributed by atoms with Crippen LogP contribution in [0.4, 0.5) is 5.69 Å². The number of sulfonamides is 1. The standard InChI is InChI=1S/C14H24N4O2S/c1-11-2-4-12(5-3-11)6-9-17-21(19,20)14-10-16-8-7-13(14)18-15/h7-8,10-12,17H,2-6,9,15H2,1H3,(H,16,18). The van der Waals surface area contributed by atoms with Gasteiger partial charge in [0.1, 0.15) is 4.90 Å². The molecule has 1 saturated carbocycles. The molecule has 1 aliphatic carbocycles. The molecule has 0 aromatic carbocycles. The van der Waals surface area contributed by atoms with E-state index < -0.39 is 10.0 Å². The molecule has 1 aromatic rings. The lowest BCUT2D eigenvalue weighted by atomic mass is 9.81. The SMILES string of the molecule is CC1CCC(CCNS(=O)(=O)c2cnccc2NN)CC1. The minimum absolute atomic E-state index is 0.0877.